The van der Waals surface area contributed by atoms with Crippen molar-refractivity contribution in [1.82, 2.24) is 9.29 Å². The average Bonchev–Trinajstić information content (AvgIpc) is 3.61. The number of fused-ring (bicyclic) bond motifs is 2. The van der Waals surface area contributed by atoms with E-state index in [1.54, 1.807) is 53.8 Å². The summed E-state index contributed by atoms with van der Waals surface area (Å²) in [5.74, 6) is -0.773. The Balaban J connectivity index is 1.10. The zero-order chi connectivity index (χ0) is 37.8. The summed E-state index contributed by atoms with van der Waals surface area (Å²) in [4.78, 5) is 32.1. The molecule has 0 saturated carbocycles. The van der Waals surface area contributed by atoms with Gasteiger partial charge in [0.2, 0.25) is 16.3 Å². The molecule has 12 nitrogen and oxygen atoms in total. The zero-order valence-corrected chi connectivity index (χ0v) is 31.1. The van der Waals surface area contributed by atoms with E-state index in [0.717, 1.165) is 30.7 Å². The SMILES string of the molecule is COc1ccc(S(=O)(=O)N(CCO)CCOC2CC(c3coc4ccccc4c3=O)C=C(C(=O)Nc3ccc(-c4nc5ccc(C)cc5s4)cc3)O2)cc1. The number of hydrogen-bond donors (Lipinski definition) is 2. The highest BCUT2D eigenvalue weighted by molar-refractivity contribution is 7.89. The number of aliphatic hydroxyl groups excluding tert-OH is 1. The molecule has 0 aliphatic carbocycles. The topological polar surface area (TPSA) is 157 Å². The van der Waals surface area contributed by atoms with Gasteiger partial charge in [0.15, 0.2) is 11.2 Å². The number of aryl methyl sites for hydroxylation is 1. The number of ether oxygens (including phenoxy) is 3. The first-order chi connectivity index (χ1) is 26.1. The molecule has 54 heavy (non-hydrogen) atoms. The molecular formula is C40H37N3O9S2. The molecule has 3 heterocycles. The summed E-state index contributed by atoms with van der Waals surface area (Å²) in [6.07, 6.45) is 2.06. The average molecular weight is 768 g/mol. The van der Waals surface area contributed by atoms with Crippen LogP contribution in [0.3, 0.4) is 0 Å². The normalized spacial score (nSPS) is 16.0. The van der Waals surface area contributed by atoms with Crippen LogP contribution in [0.25, 0.3) is 31.8 Å². The van der Waals surface area contributed by atoms with Gasteiger partial charge in [-0.25, -0.2) is 13.4 Å². The van der Waals surface area contributed by atoms with Crippen LogP contribution in [-0.4, -0.2) is 68.4 Å². The van der Waals surface area contributed by atoms with E-state index >= 15 is 0 Å². The molecule has 0 fully saturated rings. The van der Waals surface area contributed by atoms with Gasteiger partial charge in [-0.05, 0) is 91.4 Å². The summed E-state index contributed by atoms with van der Waals surface area (Å²) < 4.78 is 52.1. The maximum absolute atomic E-state index is 13.7. The van der Waals surface area contributed by atoms with Gasteiger partial charge in [0, 0.05) is 42.2 Å². The number of aliphatic hydroxyl groups is 1. The van der Waals surface area contributed by atoms with Gasteiger partial charge in [-0.2, -0.15) is 4.31 Å². The molecule has 2 atom stereocenters. The third-order valence-electron chi connectivity index (χ3n) is 9.01. The lowest BCUT2D eigenvalue weighted by molar-refractivity contribution is -0.143. The number of methoxy groups -OCH3 is 1. The maximum atomic E-state index is 13.7. The molecule has 4 aromatic carbocycles. The number of amides is 1. The fourth-order valence-electron chi connectivity index (χ4n) is 6.17. The van der Waals surface area contributed by atoms with Gasteiger partial charge in [-0.15, -0.1) is 11.3 Å². The van der Waals surface area contributed by atoms with Crippen molar-refractivity contribution in [3.63, 3.8) is 0 Å². The maximum Gasteiger partial charge on any atom is 0.290 e. The molecule has 6 aromatic rings. The standard InChI is InChI=1S/C40H37N3O9S2/c1-25-7-16-33-36(21-25)53-40(42-33)26-8-10-28(11-9-26)41-39(46)35-22-27(32-24-51-34-6-4-3-5-31(34)38(32)45)23-37(52-35)50-20-18-43(17-19-44)54(47,48)30-14-12-29(49-2)13-15-30/h3-16,21-22,24,27,37,44H,17-20,23H2,1-2H3,(H,41,46). The van der Waals surface area contributed by atoms with Gasteiger partial charge in [-0.1, -0.05) is 18.2 Å². The Morgan fingerprint density at radius 3 is 2.57 bits per heavy atom. The van der Waals surface area contributed by atoms with Crippen LogP contribution < -0.4 is 15.5 Å². The molecule has 1 aliphatic rings. The van der Waals surface area contributed by atoms with Crippen LogP contribution in [0.5, 0.6) is 5.75 Å². The molecular weight excluding hydrogens is 731 g/mol. The smallest absolute Gasteiger partial charge is 0.290 e. The Labute approximate surface area is 315 Å². The van der Waals surface area contributed by atoms with Gasteiger partial charge in [0.05, 0.1) is 47.1 Å². The van der Waals surface area contributed by atoms with Crippen LogP contribution >= 0.6 is 11.3 Å². The number of thiazole rings is 1. The number of rotatable bonds is 13. The van der Waals surface area contributed by atoms with Gasteiger partial charge >= 0.3 is 0 Å². The number of para-hydroxylation sites is 1. The Kier molecular flexibility index (Phi) is 10.9. The van der Waals surface area contributed by atoms with E-state index in [0.29, 0.717) is 28.0 Å². The molecule has 2 aromatic heterocycles. The van der Waals surface area contributed by atoms with E-state index in [2.05, 4.69) is 11.4 Å². The molecule has 1 aliphatic heterocycles. The lowest BCUT2D eigenvalue weighted by atomic mass is 9.93. The fraction of sp³-hybridized carbons (Fsp3) is 0.225. The number of nitrogens with zero attached hydrogens (tertiary/aromatic N) is 2. The monoisotopic (exact) mass is 767 g/mol. The number of aromatic nitrogens is 1. The second-order valence-corrected chi connectivity index (χ2v) is 15.6. The van der Waals surface area contributed by atoms with E-state index in [1.807, 2.05) is 31.2 Å². The van der Waals surface area contributed by atoms with Crippen LogP contribution in [0, 0.1) is 6.92 Å². The number of carbonyl (C=O) groups is 1. The predicted octanol–water partition coefficient (Wildman–Crippen LogP) is 6.44. The number of benzene rings is 4. The second-order valence-electron chi connectivity index (χ2n) is 12.6. The van der Waals surface area contributed by atoms with Crippen molar-refractivity contribution in [3.05, 3.63) is 130 Å². The summed E-state index contributed by atoms with van der Waals surface area (Å²) in [5, 5.41) is 13.8. The van der Waals surface area contributed by atoms with Crippen LogP contribution in [0.1, 0.15) is 23.5 Å². The quantitative estimate of drug-likeness (QED) is 0.134. The van der Waals surface area contributed by atoms with Crippen LogP contribution in [0.4, 0.5) is 5.69 Å². The second kappa shape index (κ2) is 15.9. The molecule has 0 spiro atoms. The molecule has 0 radical (unpaired) electrons. The summed E-state index contributed by atoms with van der Waals surface area (Å²) in [5.41, 5.74) is 3.99. The number of anilines is 1. The Morgan fingerprint density at radius 2 is 1.81 bits per heavy atom. The molecule has 0 saturated heterocycles. The van der Waals surface area contributed by atoms with E-state index in [4.69, 9.17) is 23.6 Å². The first kappa shape index (κ1) is 37.0. The Bertz CT molecular complexity index is 2500. The minimum absolute atomic E-state index is 0.0267. The predicted molar refractivity (Wildman–Crippen MR) is 206 cm³/mol. The largest absolute Gasteiger partial charge is 0.497 e. The summed E-state index contributed by atoms with van der Waals surface area (Å²) in [6, 6.07) is 26.2. The van der Waals surface area contributed by atoms with Crippen molar-refractivity contribution in [2.75, 3.05) is 38.7 Å². The molecule has 7 rings (SSSR count). The third kappa shape index (κ3) is 7.93. The number of carbonyl (C=O) groups excluding carboxylic acids is 1. The van der Waals surface area contributed by atoms with E-state index in [9.17, 15) is 23.1 Å². The minimum Gasteiger partial charge on any atom is -0.497 e. The molecule has 278 valence electrons. The zero-order valence-electron chi connectivity index (χ0n) is 29.4. The van der Waals surface area contributed by atoms with Crippen LogP contribution in [-0.2, 0) is 24.3 Å². The number of allylic oxidation sites excluding steroid dienone is 1. The van der Waals surface area contributed by atoms with Crippen molar-refractivity contribution in [2.24, 2.45) is 0 Å². The Morgan fingerprint density at radius 1 is 1.04 bits per heavy atom. The van der Waals surface area contributed by atoms with E-state index in [-0.39, 0.29) is 42.2 Å². The van der Waals surface area contributed by atoms with Crippen LogP contribution in [0.15, 0.2) is 123 Å². The van der Waals surface area contributed by atoms with Gasteiger partial charge in [-0.3, -0.25) is 9.59 Å². The lowest BCUT2D eigenvalue weighted by Crippen LogP contribution is -2.38. The first-order valence-electron chi connectivity index (χ1n) is 17.2. The Hall–Kier alpha value is -5.38. The van der Waals surface area contributed by atoms with Crippen molar-refractivity contribution in [2.45, 2.75) is 30.4 Å². The van der Waals surface area contributed by atoms with Crippen LogP contribution in [0.2, 0.25) is 0 Å². The van der Waals surface area contributed by atoms with Crippen molar-refractivity contribution < 1.29 is 36.9 Å². The molecule has 0 bridgehead atoms. The highest BCUT2D eigenvalue weighted by Crippen LogP contribution is 2.33. The molecule has 14 heteroatoms. The summed E-state index contributed by atoms with van der Waals surface area (Å²) >= 11 is 1.59. The fourth-order valence-corrected chi connectivity index (χ4v) is 8.66. The first-order valence-corrected chi connectivity index (χ1v) is 19.4. The highest BCUT2D eigenvalue weighted by atomic mass is 32.2. The minimum atomic E-state index is -4.00. The number of hydrogen-bond acceptors (Lipinski definition) is 11. The van der Waals surface area contributed by atoms with Crippen molar-refractivity contribution in [1.29, 1.82) is 0 Å². The highest BCUT2D eigenvalue weighted by Gasteiger charge is 2.32. The molecule has 2 N–H and O–H groups in total. The van der Waals surface area contributed by atoms with Crippen molar-refractivity contribution >= 4 is 54.1 Å². The van der Waals surface area contributed by atoms with Crippen molar-refractivity contribution in [3.8, 4) is 16.3 Å². The molecule has 1 amide bonds. The molecule has 2 unspecified atom stereocenters. The lowest BCUT2D eigenvalue weighted by Gasteiger charge is -2.30. The summed E-state index contributed by atoms with van der Waals surface area (Å²) in [6.45, 7) is 1.20. The van der Waals surface area contributed by atoms with Gasteiger partial charge in [0.1, 0.15) is 16.3 Å². The number of nitrogens with one attached hydrogen (secondary N) is 1. The third-order valence-corrected chi connectivity index (χ3v) is 12.0. The number of sulfonamides is 1. The van der Waals surface area contributed by atoms with E-state index in [1.165, 1.54) is 37.6 Å². The van der Waals surface area contributed by atoms with Gasteiger partial charge in [0.25, 0.3) is 5.91 Å². The van der Waals surface area contributed by atoms with Gasteiger partial charge < -0.3 is 29.1 Å². The summed E-state index contributed by atoms with van der Waals surface area (Å²) in [7, 11) is -2.51. The van der Waals surface area contributed by atoms with E-state index < -0.39 is 34.7 Å².